The van der Waals surface area contributed by atoms with Crippen LogP contribution in [0.2, 0.25) is 5.02 Å². The number of carbonyl (C=O) groups is 1. The molecule has 5 heteroatoms. The summed E-state index contributed by atoms with van der Waals surface area (Å²) >= 11 is 5.97. The third-order valence-electron chi connectivity index (χ3n) is 2.81. The van der Waals surface area contributed by atoms with Gasteiger partial charge in [-0.1, -0.05) is 23.7 Å². The normalized spacial score (nSPS) is 10.0. The highest BCUT2D eigenvalue weighted by Crippen LogP contribution is 2.20. The van der Waals surface area contributed by atoms with Crippen LogP contribution in [0.1, 0.15) is 6.42 Å². The molecule has 0 aliphatic rings. The summed E-state index contributed by atoms with van der Waals surface area (Å²) in [6.07, 6.45) is 0.247. The number of carbonyl (C=O) groups excluding carboxylic acids is 1. The molecule has 0 atom stereocenters. The van der Waals surface area contributed by atoms with Gasteiger partial charge in [-0.05, 0) is 36.4 Å². The Bertz CT molecular complexity index is 599. The summed E-state index contributed by atoms with van der Waals surface area (Å²) in [5.41, 5.74) is 0.605. The van der Waals surface area contributed by atoms with Crippen LogP contribution in [0.25, 0.3) is 0 Å². The summed E-state index contributed by atoms with van der Waals surface area (Å²) in [5.74, 6) is 1.32. The van der Waals surface area contributed by atoms with Crippen LogP contribution in [0.4, 0.5) is 5.69 Å². The summed E-state index contributed by atoms with van der Waals surface area (Å²) in [4.78, 5) is 11.8. The quantitative estimate of drug-likeness (QED) is 0.884. The molecule has 2 aromatic carbocycles. The van der Waals surface area contributed by atoms with Gasteiger partial charge in [0.15, 0.2) is 0 Å². The maximum Gasteiger partial charge on any atom is 0.227 e. The lowest BCUT2D eigenvalue weighted by Gasteiger charge is -2.08. The Labute approximate surface area is 128 Å². The van der Waals surface area contributed by atoms with Crippen LogP contribution in [-0.4, -0.2) is 19.6 Å². The van der Waals surface area contributed by atoms with Crippen molar-refractivity contribution in [3.63, 3.8) is 0 Å². The minimum atomic E-state index is -0.142. The van der Waals surface area contributed by atoms with Crippen molar-refractivity contribution in [2.75, 3.05) is 19.0 Å². The summed E-state index contributed by atoms with van der Waals surface area (Å²) < 4.78 is 10.6. The van der Waals surface area contributed by atoms with Gasteiger partial charge in [0.2, 0.25) is 5.91 Å². The monoisotopic (exact) mass is 305 g/mol. The minimum absolute atomic E-state index is 0.142. The fourth-order valence-electron chi connectivity index (χ4n) is 1.71. The van der Waals surface area contributed by atoms with E-state index < -0.39 is 0 Å². The summed E-state index contributed by atoms with van der Waals surface area (Å²) in [5, 5.41) is 3.26. The molecule has 0 heterocycles. The molecule has 0 spiro atoms. The van der Waals surface area contributed by atoms with E-state index in [2.05, 4.69) is 5.32 Å². The van der Waals surface area contributed by atoms with Crippen LogP contribution in [0.15, 0.2) is 48.5 Å². The third kappa shape index (κ3) is 4.68. The van der Waals surface area contributed by atoms with Crippen molar-refractivity contribution in [1.82, 2.24) is 0 Å². The number of benzene rings is 2. The highest BCUT2D eigenvalue weighted by atomic mass is 35.5. The fraction of sp³-hybridized carbons (Fsp3) is 0.188. The third-order valence-corrected chi connectivity index (χ3v) is 3.13. The summed E-state index contributed by atoms with van der Waals surface area (Å²) in [7, 11) is 1.61. The van der Waals surface area contributed by atoms with Crippen LogP contribution in [0.3, 0.4) is 0 Å². The number of para-hydroxylation sites is 1. The number of nitrogens with one attached hydrogen (secondary N) is 1. The number of rotatable bonds is 6. The lowest BCUT2D eigenvalue weighted by molar-refractivity contribution is -0.116. The average Bonchev–Trinajstić information content (AvgIpc) is 2.50. The Kier molecular flexibility index (Phi) is 5.46. The van der Waals surface area contributed by atoms with Crippen LogP contribution >= 0.6 is 11.6 Å². The Balaban J connectivity index is 1.77. The smallest absolute Gasteiger partial charge is 0.227 e. The molecule has 110 valence electrons. The van der Waals surface area contributed by atoms with E-state index in [0.29, 0.717) is 23.1 Å². The molecule has 0 radical (unpaired) electrons. The molecule has 0 fully saturated rings. The molecule has 2 rings (SSSR count). The number of halogens is 1. The molecule has 0 unspecified atom stereocenters. The van der Waals surface area contributed by atoms with Crippen LogP contribution < -0.4 is 14.8 Å². The molecule has 0 aliphatic heterocycles. The standard InChI is InChI=1S/C16H16ClNO3/c1-20-12-6-8-13(9-7-12)21-11-10-16(19)18-15-5-3-2-4-14(15)17/h2-9H,10-11H2,1H3,(H,18,19). The first-order valence-electron chi connectivity index (χ1n) is 6.50. The molecule has 21 heavy (non-hydrogen) atoms. The van der Waals surface area contributed by atoms with E-state index >= 15 is 0 Å². The second kappa shape index (κ2) is 7.55. The lowest BCUT2D eigenvalue weighted by atomic mass is 10.3. The maximum atomic E-state index is 11.8. The van der Waals surface area contributed by atoms with E-state index in [9.17, 15) is 4.79 Å². The minimum Gasteiger partial charge on any atom is -0.497 e. The highest BCUT2D eigenvalue weighted by molar-refractivity contribution is 6.33. The number of ether oxygens (including phenoxy) is 2. The molecule has 0 aliphatic carbocycles. The number of hydrogen-bond acceptors (Lipinski definition) is 3. The first-order valence-corrected chi connectivity index (χ1v) is 6.88. The molecule has 2 aromatic rings. The molecular formula is C16H16ClNO3. The van der Waals surface area contributed by atoms with Crippen LogP contribution in [0.5, 0.6) is 11.5 Å². The van der Waals surface area contributed by atoms with Gasteiger partial charge in [0.05, 0.1) is 30.8 Å². The topological polar surface area (TPSA) is 47.6 Å². The second-order valence-corrected chi connectivity index (χ2v) is 4.71. The molecular weight excluding hydrogens is 290 g/mol. The Morgan fingerprint density at radius 2 is 1.76 bits per heavy atom. The van der Waals surface area contributed by atoms with Crippen molar-refractivity contribution in [3.8, 4) is 11.5 Å². The van der Waals surface area contributed by atoms with Crippen molar-refractivity contribution in [2.24, 2.45) is 0 Å². The maximum absolute atomic E-state index is 11.8. The van der Waals surface area contributed by atoms with Crippen molar-refractivity contribution in [1.29, 1.82) is 0 Å². The molecule has 0 aromatic heterocycles. The molecule has 4 nitrogen and oxygen atoms in total. The molecule has 0 saturated carbocycles. The fourth-order valence-corrected chi connectivity index (χ4v) is 1.89. The van der Waals surface area contributed by atoms with Gasteiger partial charge in [0, 0.05) is 0 Å². The van der Waals surface area contributed by atoms with E-state index in [1.165, 1.54) is 0 Å². The van der Waals surface area contributed by atoms with Gasteiger partial charge in [-0.25, -0.2) is 0 Å². The number of amides is 1. The number of methoxy groups -OCH3 is 1. The van der Waals surface area contributed by atoms with E-state index in [1.807, 2.05) is 12.1 Å². The van der Waals surface area contributed by atoms with Gasteiger partial charge in [-0.3, -0.25) is 4.79 Å². The van der Waals surface area contributed by atoms with E-state index in [0.717, 1.165) is 5.75 Å². The predicted octanol–water partition coefficient (Wildman–Crippen LogP) is 3.76. The van der Waals surface area contributed by atoms with Gasteiger partial charge in [-0.2, -0.15) is 0 Å². The second-order valence-electron chi connectivity index (χ2n) is 4.30. The zero-order valence-corrected chi connectivity index (χ0v) is 12.4. The van der Waals surface area contributed by atoms with E-state index in [-0.39, 0.29) is 12.3 Å². The largest absolute Gasteiger partial charge is 0.497 e. The van der Waals surface area contributed by atoms with Gasteiger partial charge >= 0.3 is 0 Å². The highest BCUT2D eigenvalue weighted by Gasteiger charge is 2.05. The molecule has 0 saturated heterocycles. The van der Waals surface area contributed by atoms with Gasteiger partial charge in [0.25, 0.3) is 0 Å². The van der Waals surface area contributed by atoms with Crippen molar-refractivity contribution >= 4 is 23.2 Å². The average molecular weight is 306 g/mol. The van der Waals surface area contributed by atoms with Crippen LogP contribution in [0, 0.1) is 0 Å². The van der Waals surface area contributed by atoms with E-state index in [4.69, 9.17) is 21.1 Å². The first-order chi connectivity index (χ1) is 10.2. The van der Waals surface area contributed by atoms with Crippen molar-refractivity contribution < 1.29 is 14.3 Å². The SMILES string of the molecule is COc1ccc(OCCC(=O)Nc2ccccc2Cl)cc1. The number of hydrogen-bond donors (Lipinski definition) is 1. The Morgan fingerprint density at radius 3 is 2.43 bits per heavy atom. The zero-order valence-electron chi connectivity index (χ0n) is 11.6. The first kappa shape index (κ1) is 15.2. The molecule has 1 N–H and O–H groups in total. The predicted molar refractivity (Wildman–Crippen MR) is 83.2 cm³/mol. The number of anilines is 1. The van der Waals surface area contributed by atoms with Gasteiger partial charge in [-0.15, -0.1) is 0 Å². The lowest BCUT2D eigenvalue weighted by Crippen LogP contribution is -2.15. The molecule has 0 bridgehead atoms. The molecule has 1 amide bonds. The zero-order chi connectivity index (χ0) is 15.1. The Morgan fingerprint density at radius 1 is 1.10 bits per heavy atom. The Hall–Kier alpha value is -2.20. The van der Waals surface area contributed by atoms with Crippen molar-refractivity contribution in [3.05, 3.63) is 53.6 Å². The summed E-state index contributed by atoms with van der Waals surface area (Å²) in [6, 6.07) is 14.3. The van der Waals surface area contributed by atoms with E-state index in [1.54, 1.807) is 43.5 Å². The van der Waals surface area contributed by atoms with Gasteiger partial charge in [0.1, 0.15) is 11.5 Å². The van der Waals surface area contributed by atoms with Crippen LogP contribution in [-0.2, 0) is 4.79 Å². The van der Waals surface area contributed by atoms with Crippen molar-refractivity contribution in [2.45, 2.75) is 6.42 Å². The van der Waals surface area contributed by atoms with Gasteiger partial charge < -0.3 is 14.8 Å². The summed E-state index contributed by atoms with van der Waals surface area (Å²) in [6.45, 7) is 0.294.